The monoisotopic (exact) mass is 422 g/mol. The zero-order valence-electron chi connectivity index (χ0n) is 17.2. The molecule has 1 N–H and O–H groups in total. The number of amides is 1. The van der Waals surface area contributed by atoms with Crippen LogP contribution in [0.3, 0.4) is 0 Å². The van der Waals surface area contributed by atoms with Crippen LogP contribution in [-0.4, -0.2) is 31.2 Å². The predicted molar refractivity (Wildman–Crippen MR) is 113 cm³/mol. The molecule has 0 radical (unpaired) electrons. The third-order valence-electron chi connectivity index (χ3n) is 4.98. The molecule has 4 rings (SSSR count). The molecule has 160 valence electrons. The van der Waals surface area contributed by atoms with Crippen LogP contribution < -0.4 is 20.4 Å². The molecule has 1 saturated heterocycles. The van der Waals surface area contributed by atoms with Gasteiger partial charge in [0.15, 0.2) is 0 Å². The topological polar surface area (TPSA) is 99.9 Å². The second kappa shape index (κ2) is 9.01. The summed E-state index contributed by atoms with van der Waals surface area (Å²) in [5, 5.41) is 2.68. The number of rotatable bonds is 6. The largest absolute Gasteiger partial charge is 0.497 e. The molecule has 0 bridgehead atoms. The predicted octanol–water partition coefficient (Wildman–Crippen LogP) is 3.90. The summed E-state index contributed by atoms with van der Waals surface area (Å²) in [4.78, 5) is 29.3. The molecule has 1 atom stereocenters. The summed E-state index contributed by atoms with van der Waals surface area (Å²) >= 11 is 0. The van der Waals surface area contributed by atoms with Gasteiger partial charge in [0.05, 0.1) is 25.6 Å². The van der Waals surface area contributed by atoms with E-state index in [2.05, 4.69) is 10.3 Å². The van der Waals surface area contributed by atoms with Gasteiger partial charge in [0.1, 0.15) is 22.8 Å². The maximum Gasteiger partial charge on any atom is 0.349 e. The molecule has 1 amide bonds. The number of carbonyl (C=O) groups is 1. The molecule has 8 heteroatoms. The summed E-state index contributed by atoms with van der Waals surface area (Å²) in [6.45, 7) is 2.87. The Hall–Kier alpha value is -3.65. The van der Waals surface area contributed by atoms with Crippen LogP contribution in [0.1, 0.15) is 34.0 Å². The number of ether oxygens (including phenoxy) is 3. The number of anilines is 1. The number of carbonyl (C=O) groups excluding carboxylic acids is 1. The second-order valence-corrected chi connectivity index (χ2v) is 7.18. The Morgan fingerprint density at radius 2 is 2.03 bits per heavy atom. The van der Waals surface area contributed by atoms with Crippen LogP contribution in [0.5, 0.6) is 17.4 Å². The highest BCUT2D eigenvalue weighted by Gasteiger charge is 2.24. The molecule has 1 aromatic carbocycles. The fraction of sp³-hybridized carbons (Fsp3) is 0.261. The van der Waals surface area contributed by atoms with Crippen molar-refractivity contribution in [1.82, 2.24) is 4.98 Å². The van der Waals surface area contributed by atoms with Crippen LogP contribution >= 0.6 is 0 Å². The van der Waals surface area contributed by atoms with E-state index in [9.17, 15) is 9.59 Å². The number of nitrogens with one attached hydrogen (secondary N) is 1. The van der Waals surface area contributed by atoms with Crippen LogP contribution in [0.25, 0.3) is 0 Å². The summed E-state index contributed by atoms with van der Waals surface area (Å²) in [5.41, 5.74) is 0.293. The van der Waals surface area contributed by atoms with Gasteiger partial charge < -0.3 is 23.9 Å². The Morgan fingerprint density at radius 1 is 1.19 bits per heavy atom. The van der Waals surface area contributed by atoms with E-state index in [1.165, 1.54) is 6.20 Å². The number of benzene rings is 1. The van der Waals surface area contributed by atoms with Crippen molar-refractivity contribution in [3.8, 4) is 17.4 Å². The Kier molecular flexibility index (Phi) is 5.99. The van der Waals surface area contributed by atoms with E-state index in [4.69, 9.17) is 18.6 Å². The molecule has 0 saturated carbocycles. The van der Waals surface area contributed by atoms with Crippen molar-refractivity contribution < 1.29 is 23.4 Å². The molecule has 2 aromatic heterocycles. The van der Waals surface area contributed by atoms with E-state index in [0.29, 0.717) is 47.6 Å². The van der Waals surface area contributed by atoms with Crippen molar-refractivity contribution in [1.29, 1.82) is 0 Å². The van der Waals surface area contributed by atoms with Crippen molar-refractivity contribution in [2.75, 3.05) is 25.6 Å². The number of aryl methyl sites for hydroxylation is 1. The minimum atomic E-state index is -0.662. The first-order chi connectivity index (χ1) is 15.0. The number of nitrogens with zero attached hydrogens (tertiary/aromatic N) is 1. The normalized spacial score (nSPS) is 15.5. The van der Waals surface area contributed by atoms with Gasteiger partial charge in [-0.25, -0.2) is 9.78 Å². The van der Waals surface area contributed by atoms with Gasteiger partial charge in [-0.15, -0.1) is 0 Å². The maximum absolute atomic E-state index is 12.7. The lowest BCUT2D eigenvalue weighted by Crippen LogP contribution is -2.23. The van der Waals surface area contributed by atoms with Crippen molar-refractivity contribution in [3.05, 3.63) is 76.0 Å². The van der Waals surface area contributed by atoms with Crippen molar-refractivity contribution in [2.45, 2.75) is 19.3 Å². The van der Waals surface area contributed by atoms with E-state index in [0.717, 1.165) is 6.42 Å². The number of hydrogen-bond donors (Lipinski definition) is 1. The second-order valence-electron chi connectivity index (χ2n) is 7.18. The third-order valence-corrected chi connectivity index (χ3v) is 4.98. The van der Waals surface area contributed by atoms with Crippen molar-refractivity contribution in [3.63, 3.8) is 0 Å². The molecule has 3 heterocycles. The fourth-order valence-corrected chi connectivity index (χ4v) is 3.36. The smallest absolute Gasteiger partial charge is 0.349 e. The van der Waals surface area contributed by atoms with Gasteiger partial charge >= 0.3 is 5.63 Å². The highest BCUT2D eigenvalue weighted by Crippen LogP contribution is 2.26. The molecule has 3 aromatic rings. The minimum Gasteiger partial charge on any atom is -0.497 e. The zero-order valence-corrected chi connectivity index (χ0v) is 17.2. The molecular weight excluding hydrogens is 400 g/mol. The van der Waals surface area contributed by atoms with Gasteiger partial charge in [-0.2, -0.15) is 0 Å². The van der Waals surface area contributed by atoms with Gasteiger partial charge in [0, 0.05) is 24.7 Å². The standard InChI is InChI=1S/C23H22N2O6/c1-14-10-19(15-8-9-29-13-15)31-23(27)21(14)22(26)25-16-6-7-20(24-12-16)30-18-5-3-4-17(11-18)28-2/h3-7,10-12,15H,8-9,13H2,1-2H3,(H,25,26). The summed E-state index contributed by atoms with van der Waals surface area (Å²) in [5.74, 6) is 1.64. The Labute approximate surface area is 178 Å². The van der Waals surface area contributed by atoms with Gasteiger partial charge in [-0.05, 0) is 43.2 Å². The molecule has 0 spiro atoms. The summed E-state index contributed by atoms with van der Waals surface area (Å²) < 4.78 is 21.6. The van der Waals surface area contributed by atoms with E-state index in [-0.39, 0.29) is 11.5 Å². The first-order valence-electron chi connectivity index (χ1n) is 9.85. The number of aromatic nitrogens is 1. The van der Waals surface area contributed by atoms with E-state index in [1.54, 1.807) is 44.4 Å². The molecule has 1 aliphatic heterocycles. The maximum atomic E-state index is 12.7. The van der Waals surface area contributed by atoms with Crippen LogP contribution in [0.15, 0.2) is 57.9 Å². The summed E-state index contributed by atoms with van der Waals surface area (Å²) in [7, 11) is 1.58. The first-order valence-corrected chi connectivity index (χ1v) is 9.85. The van der Waals surface area contributed by atoms with E-state index < -0.39 is 11.5 Å². The van der Waals surface area contributed by atoms with Crippen molar-refractivity contribution >= 4 is 11.6 Å². The molecule has 1 unspecified atom stereocenters. The average molecular weight is 422 g/mol. The molecule has 0 aliphatic carbocycles. The molecular formula is C23H22N2O6. The number of methoxy groups -OCH3 is 1. The van der Waals surface area contributed by atoms with Crippen LogP contribution in [0, 0.1) is 6.92 Å². The van der Waals surface area contributed by atoms with Gasteiger partial charge in [0.2, 0.25) is 5.88 Å². The zero-order chi connectivity index (χ0) is 21.8. The van der Waals surface area contributed by atoms with E-state index >= 15 is 0 Å². The van der Waals surface area contributed by atoms with Gasteiger partial charge in [0.25, 0.3) is 5.91 Å². The quantitative estimate of drug-likeness (QED) is 0.643. The lowest BCUT2D eigenvalue weighted by atomic mass is 10.0. The molecule has 1 aliphatic rings. The molecule has 1 fully saturated rings. The highest BCUT2D eigenvalue weighted by atomic mass is 16.5. The fourth-order valence-electron chi connectivity index (χ4n) is 3.36. The first kappa shape index (κ1) is 20.6. The molecule has 8 nitrogen and oxygen atoms in total. The summed E-state index contributed by atoms with van der Waals surface area (Å²) in [6, 6.07) is 12.1. The van der Waals surface area contributed by atoms with Crippen molar-refractivity contribution in [2.24, 2.45) is 0 Å². The Balaban J connectivity index is 1.45. The number of hydrogen-bond acceptors (Lipinski definition) is 7. The van der Waals surface area contributed by atoms with Gasteiger partial charge in [-0.3, -0.25) is 4.79 Å². The third kappa shape index (κ3) is 4.75. The van der Waals surface area contributed by atoms with Crippen LogP contribution in [-0.2, 0) is 4.74 Å². The highest BCUT2D eigenvalue weighted by molar-refractivity contribution is 6.04. The molecule has 31 heavy (non-hydrogen) atoms. The SMILES string of the molecule is COc1cccc(Oc2ccc(NC(=O)c3c(C)cc(C4CCOC4)oc3=O)cn2)c1. The summed E-state index contributed by atoms with van der Waals surface area (Å²) in [6.07, 6.45) is 2.25. The minimum absolute atomic E-state index is 0.0284. The Morgan fingerprint density at radius 3 is 2.71 bits per heavy atom. The average Bonchev–Trinajstić information content (AvgIpc) is 3.30. The van der Waals surface area contributed by atoms with Crippen LogP contribution in [0.2, 0.25) is 0 Å². The van der Waals surface area contributed by atoms with Crippen LogP contribution in [0.4, 0.5) is 5.69 Å². The van der Waals surface area contributed by atoms with E-state index in [1.807, 2.05) is 12.1 Å². The Bertz CT molecular complexity index is 1130. The number of pyridine rings is 1. The lowest BCUT2D eigenvalue weighted by molar-refractivity contribution is 0.102. The lowest BCUT2D eigenvalue weighted by Gasteiger charge is -2.11. The van der Waals surface area contributed by atoms with Gasteiger partial charge in [-0.1, -0.05) is 6.07 Å².